The maximum atomic E-state index is 6.43. The Hall–Kier alpha value is -6.38. The largest absolute Gasteiger partial charge is 0.455 e. The first-order valence-electron chi connectivity index (χ1n) is 16.3. The van der Waals surface area contributed by atoms with Crippen LogP contribution in [-0.2, 0) is 0 Å². The van der Waals surface area contributed by atoms with Crippen molar-refractivity contribution >= 4 is 49.8 Å². The van der Waals surface area contributed by atoms with E-state index in [1.165, 1.54) is 33.0 Å². The van der Waals surface area contributed by atoms with E-state index in [2.05, 4.69) is 181 Å². The van der Waals surface area contributed by atoms with Gasteiger partial charge in [0.2, 0.25) is 0 Å². The van der Waals surface area contributed by atoms with E-state index in [1.807, 2.05) is 12.1 Å². The standard InChI is InChI=1S/C46H31NO/c1-2-11-32(12-3-1)33-23-27-37(28-24-33)47(38-29-25-35(26-30-38)41-19-9-14-34-13-4-5-17-40(34)41)39-16-8-15-36(31-39)42-20-10-21-44-43-18-6-7-22-45(43)48-46(42)44/h1-31H. The highest BCUT2D eigenvalue weighted by Gasteiger charge is 2.17. The lowest BCUT2D eigenvalue weighted by atomic mass is 9.98. The molecule has 0 N–H and O–H groups in total. The van der Waals surface area contributed by atoms with E-state index in [0.29, 0.717) is 0 Å². The van der Waals surface area contributed by atoms with Gasteiger partial charge in [-0.2, -0.15) is 0 Å². The van der Waals surface area contributed by atoms with Gasteiger partial charge in [-0.3, -0.25) is 0 Å². The Morgan fingerprint density at radius 1 is 0.333 bits per heavy atom. The number of hydrogen-bond acceptors (Lipinski definition) is 2. The first-order chi connectivity index (χ1) is 23.8. The molecule has 0 aliphatic heterocycles. The van der Waals surface area contributed by atoms with Crippen molar-refractivity contribution in [2.75, 3.05) is 4.90 Å². The van der Waals surface area contributed by atoms with Gasteiger partial charge in [0.1, 0.15) is 11.2 Å². The second-order valence-electron chi connectivity index (χ2n) is 12.2. The maximum Gasteiger partial charge on any atom is 0.143 e. The molecule has 1 aromatic heterocycles. The van der Waals surface area contributed by atoms with Gasteiger partial charge >= 0.3 is 0 Å². The van der Waals surface area contributed by atoms with Crippen molar-refractivity contribution in [2.45, 2.75) is 0 Å². The van der Waals surface area contributed by atoms with Gasteiger partial charge in [0.25, 0.3) is 0 Å². The summed E-state index contributed by atoms with van der Waals surface area (Å²) in [4.78, 5) is 2.34. The lowest BCUT2D eigenvalue weighted by Crippen LogP contribution is -2.10. The van der Waals surface area contributed by atoms with Crippen LogP contribution in [0.2, 0.25) is 0 Å². The highest BCUT2D eigenvalue weighted by atomic mass is 16.3. The summed E-state index contributed by atoms with van der Waals surface area (Å²) in [5.74, 6) is 0. The van der Waals surface area contributed by atoms with E-state index < -0.39 is 0 Å². The van der Waals surface area contributed by atoms with Crippen LogP contribution in [0.15, 0.2) is 192 Å². The Bertz CT molecular complexity index is 2540. The molecular formula is C46H31NO. The minimum absolute atomic E-state index is 0.905. The van der Waals surface area contributed by atoms with Crippen LogP contribution in [0.5, 0.6) is 0 Å². The fraction of sp³-hybridized carbons (Fsp3) is 0. The summed E-state index contributed by atoms with van der Waals surface area (Å²) in [5, 5.41) is 4.77. The van der Waals surface area contributed by atoms with Gasteiger partial charge in [-0.15, -0.1) is 0 Å². The molecule has 0 atom stereocenters. The highest BCUT2D eigenvalue weighted by Crippen LogP contribution is 2.41. The van der Waals surface area contributed by atoms with E-state index in [9.17, 15) is 0 Å². The molecule has 0 radical (unpaired) electrons. The second kappa shape index (κ2) is 11.8. The van der Waals surface area contributed by atoms with E-state index in [0.717, 1.165) is 50.1 Å². The molecule has 9 rings (SSSR count). The molecule has 1 heterocycles. The number of para-hydroxylation sites is 2. The van der Waals surface area contributed by atoms with Crippen molar-refractivity contribution in [1.82, 2.24) is 0 Å². The van der Waals surface area contributed by atoms with Crippen molar-refractivity contribution in [1.29, 1.82) is 0 Å². The molecule has 2 heteroatoms. The predicted molar refractivity (Wildman–Crippen MR) is 202 cm³/mol. The molecule has 0 unspecified atom stereocenters. The van der Waals surface area contributed by atoms with Crippen LogP contribution >= 0.6 is 0 Å². The Kier molecular flexibility index (Phi) is 6.84. The zero-order chi connectivity index (χ0) is 31.9. The fourth-order valence-electron chi connectivity index (χ4n) is 6.93. The maximum absolute atomic E-state index is 6.43. The SMILES string of the molecule is c1ccc(-c2ccc(N(c3ccc(-c4cccc5ccccc45)cc3)c3cccc(-c4cccc5c4oc4ccccc45)c3)cc2)cc1. The van der Waals surface area contributed by atoms with Crippen LogP contribution in [0.4, 0.5) is 17.1 Å². The van der Waals surface area contributed by atoms with Crippen LogP contribution in [0.25, 0.3) is 66.1 Å². The average molecular weight is 614 g/mol. The molecule has 226 valence electrons. The quantitative estimate of drug-likeness (QED) is 0.185. The van der Waals surface area contributed by atoms with Gasteiger partial charge in [-0.25, -0.2) is 0 Å². The molecule has 0 aliphatic rings. The molecule has 0 saturated heterocycles. The number of nitrogens with zero attached hydrogens (tertiary/aromatic N) is 1. The van der Waals surface area contributed by atoms with E-state index in [-0.39, 0.29) is 0 Å². The molecule has 48 heavy (non-hydrogen) atoms. The minimum atomic E-state index is 0.905. The third kappa shape index (κ3) is 4.92. The smallest absolute Gasteiger partial charge is 0.143 e. The summed E-state index contributed by atoms with van der Waals surface area (Å²) in [5.41, 5.74) is 12.1. The van der Waals surface area contributed by atoms with Crippen LogP contribution < -0.4 is 4.90 Å². The number of fused-ring (bicyclic) bond motifs is 4. The Morgan fingerprint density at radius 3 is 1.71 bits per heavy atom. The fourth-order valence-corrected chi connectivity index (χ4v) is 6.93. The molecule has 0 saturated carbocycles. The monoisotopic (exact) mass is 613 g/mol. The van der Waals surface area contributed by atoms with Gasteiger partial charge in [0.05, 0.1) is 0 Å². The van der Waals surface area contributed by atoms with Crippen molar-refractivity contribution < 1.29 is 4.42 Å². The van der Waals surface area contributed by atoms with Crippen LogP contribution in [0.3, 0.4) is 0 Å². The van der Waals surface area contributed by atoms with Crippen molar-refractivity contribution in [3.63, 3.8) is 0 Å². The predicted octanol–water partition coefficient (Wildman–Crippen LogP) is 13.2. The van der Waals surface area contributed by atoms with Crippen molar-refractivity contribution in [3.05, 3.63) is 188 Å². The minimum Gasteiger partial charge on any atom is -0.455 e. The van der Waals surface area contributed by atoms with Gasteiger partial charge in [-0.05, 0) is 81.1 Å². The zero-order valence-electron chi connectivity index (χ0n) is 26.3. The van der Waals surface area contributed by atoms with Gasteiger partial charge in [0.15, 0.2) is 0 Å². The van der Waals surface area contributed by atoms with Gasteiger partial charge in [-0.1, -0.05) is 146 Å². The summed E-state index contributed by atoms with van der Waals surface area (Å²) in [6.07, 6.45) is 0. The summed E-state index contributed by atoms with van der Waals surface area (Å²) in [7, 11) is 0. The average Bonchev–Trinajstić information content (AvgIpc) is 3.55. The third-order valence-corrected chi connectivity index (χ3v) is 9.28. The third-order valence-electron chi connectivity index (χ3n) is 9.28. The summed E-state index contributed by atoms with van der Waals surface area (Å²) in [6, 6.07) is 66.9. The number of anilines is 3. The van der Waals surface area contributed by atoms with E-state index >= 15 is 0 Å². The number of benzene rings is 8. The topological polar surface area (TPSA) is 16.4 Å². The molecule has 0 fully saturated rings. The molecule has 0 bridgehead atoms. The van der Waals surface area contributed by atoms with Crippen LogP contribution in [0.1, 0.15) is 0 Å². The lowest BCUT2D eigenvalue weighted by Gasteiger charge is -2.26. The van der Waals surface area contributed by atoms with Gasteiger partial charge in [0, 0.05) is 33.4 Å². The van der Waals surface area contributed by atoms with Crippen LogP contribution in [-0.4, -0.2) is 0 Å². The highest BCUT2D eigenvalue weighted by molar-refractivity contribution is 6.09. The molecule has 2 nitrogen and oxygen atoms in total. The normalized spacial score (nSPS) is 11.3. The zero-order valence-corrected chi connectivity index (χ0v) is 26.3. The molecule has 9 aromatic rings. The Labute approximate surface area is 279 Å². The number of furan rings is 1. The van der Waals surface area contributed by atoms with E-state index in [4.69, 9.17) is 4.42 Å². The van der Waals surface area contributed by atoms with Crippen molar-refractivity contribution in [2.24, 2.45) is 0 Å². The molecule has 0 amide bonds. The molecule has 0 spiro atoms. The second-order valence-corrected chi connectivity index (χ2v) is 12.2. The molecular weight excluding hydrogens is 583 g/mol. The molecule has 8 aromatic carbocycles. The number of rotatable bonds is 6. The van der Waals surface area contributed by atoms with E-state index in [1.54, 1.807) is 0 Å². The Morgan fingerprint density at radius 2 is 0.896 bits per heavy atom. The lowest BCUT2D eigenvalue weighted by molar-refractivity contribution is 0.670. The van der Waals surface area contributed by atoms with Crippen molar-refractivity contribution in [3.8, 4) is 33.4 Å². The summed E-state index contributed by atoms with van der Waals surface area (Å²) >= 11 is 0. The van der Waals surface area contributed by atoms with Gasteiger partial charge < -0.3 is 9.32 Å². The molecule has 0 aliphatic carbocycles. The summed E-state index contributed by atoms with van der Waals surface area (Å²) in [6.45, 7) is 0. The Balaban J connectivity index is 1.16. The first kappa shape index (κ1) is 27.9. The van der Waals surface area contributed by atoms with Crippen LogP contribution in [0, 0.1) is 0 Å². The first-order valence-corrected chi connectivity index (χ1v) is 16.3. The summed E-state index contributed by atoms with van der Waals surface area (Å²) < 4.78 is 6.43. The number of hydrogen-bond donors (Lipinski definition) is 0.